The van der Waals surface area contributed by atoms with Crippen molar-refractivity contribution in [3.05, 3.63) is 11.3 Å². The molecule has 0 saturated carbocycles. The molecule has 2 heterocycles. The molecule has 1 saturated heterocycles. The molecule has 5 heteroatoms. The maximum atomic E-state index is 12.1. The molecule has 0 aromatic rings. The number of hydrogen-bond acceptors (Lipinski definition) is 4. The van der Waals surface area contributed by atoms with Crippen LogP contribution >= 0.6 is 0 Å². The summed E-state index contributed by atoms with van der Waals surface area (Å²) in [7, 11) is 1.36. The van der Waals surface area contributed by atoms with E-state index >= 15 is 0 Å². The van der Waals surface area contributed by atoms with Crippen molar-refractivity contribution in [1.29, 1.82) is 0 Å². The molecule has 2 aliphatic heterocycles. The van der Waals surface area contributed by atoms with E-state index < -0.39 is 5.60 Å². The number of amides is 1. The molecule has 0 N–H and O–H groups in total. The van der Waals surface area contributed by atoms with E-state index in [1.54, 1.807) is 4.90 Å². The Bertz CT molecular complexity index is 419. The fraction of sp³-hybridized carbons (Fsp3) is 0.692. The number of allylic oxidation sites excluding steroid dienone is 1. The fourth-order valence-corrected chi connectivity index (χ4v) is 2.51. The predicted molar refractivity (Wildman–Crippen MR) is 64.8 cm³/mol. The second-order valence-corrected chi connectivity index (χ2v) is 5.66. The third-order valence-electron chi connectivity index (χ3n) is 3.18. The Labute approximate surface area is 107 Å². The standard InChI is InChI=1S/C13H19NO4/c1-13(2,3)18-12(16)14-8-5-6-10(14)9(7-8)11(15)17-4/h8H,5-7H2,1-4H3. The number of carbonyl (C=O) groups excluding carboxylic acids is 2. The summed E-state index contributed by atoms with van der Waals surface area (Å²) in [6, 6.07) is 0.0592. The third kappa shape index (κ3) is 2.21. The molecule has 100 valence electrons. The van der Waals surface area contributed by atoms with E-state index in [4.69, 9.17) is 9.47 Å². The average molecular weight is 253 g/mol. The molecule has 2 rings (SSSR count). The highest BCUT2D eigenvalue weighted by molar-refractivity contribution is 5.92. The van der Waals surface area contributed by atoms with Gasteiger partial charge in [0, 0.05) is 18.2 Å². The van der Waals surface area contributed by atoms with E-state index in [1.807, 2.05) is 20.8 Å². The number of rotatable bonds is 1. The second kappa shape index (κ2) is 4.30. The van der Waals surface area contributed by atoms with Gasteiger partial charge in [-0.25, -0.2) is 9.59 Å². The lowest BCUT2D eigenvalue weighted by Gasteiger charge is -2.25. The molecule has 2 bridgehead atoms. The minimum atomic E-state index is -0.523. The summed E-state index contributed by atoms with van der Waals surface area (Å²) in [6.07, 6.45) is 1.86. The van der Waals surface area contributed by atoms with Gasteiger partial charge in [0.15, 0.2) is 0 Å². The quantitative estimate of drug-likeness (QED) is 0.672. The van der Waals surface area contributed by atoms with Crippen LogP contribution in [0.3, 0.4) is 0 Å². The Morgan fingerprint density at radius 1 is 1.33 bits per heavy atom. The lowest BCUT2D eigenvalue weighted by molar-refractivity contribution is -0.136. The monoisotopic (exact) mass is 253 g/mol. The first kappa shape index (κ1) is 12.9. The van der Waals surface area contributed by atoms with Crippen molar-refractivity contribution in [2.24, 2.45) is 0 Å². The van der Waals surface area contributed by atoms with Crippen molar-refractivity contribution in [2.45, 2.75) is 51.7 Å². The lowest BCUT2D eigenvalue weighted by atomic mass is 10.00. The smallest absolute Gasteiger partial charge is 0.414 e. The second-order valence-electron chi connectivity index (χ2n) is 5.66. The van der Waals surface area contributed by atoms with Gasteiger partial charge in [0.05, 0.1) is 12.7 Å². The molecule has 1 unspecified atom stereocenters. The predicted octanol–water partition coefficient (Wildman–Crippen LogP) is 2.22. The Balaban J connectivity index is 2.19. The van der Waals surface area contributed by atoms with E-state index in [1.165, 1.54) is 7.11 Å². The molecular weight excluding hydrogens is 234 g/mol. The number of hydrogen-bond donors (Lipinski definition) is 0. The largest absolute Gasteiger partial charge is 0.466 e. The van der Waals surface area contributed by atoms with Crippen LogP contribution in [0.15, 0.2) is 11.3 Å². The van der Waals surface area contributed by atoms with Crippen molar-refractivity contribution >= 4 is 12.1 Å². The zero-order valence-electron chi connectivity index (χ0n) is 11.3. The number of fused-ring (bicyclic) bond motifs is 2. The van der Waals surface area contributed by atoms with Crippen molar-refractivity contribution < 1.29 is 19.1 Å². The molecule has 1 atom stereocenters. The van der Waals surface area contributed by atoms with Gasteiger partial charge in [-0.2, -0.15) is 0 Å². The summed E-state index contributed by atoms with van der Waals surface area (Å²) in [5.74, 6) is -0.333. The number of carbonyl (C=O) groups is 2. The molecular formula is C13H19NO4. The lowest BCUT2D eigenvalue weighted by Crippen LogP contribution is -2.36. The fourth-order valence-electron chi connectivity index (χ4n) is 2.51. The summed E-state index contributed by atoms with van der Waals surface area (Å²) in [5, 5.41) is 0. The Morgan fingerprint density at radius 3 is 2.56 bits per heavy atom. The first-order valence-electron chi connectivity index (χ1n) is 6.16. The highest BCUT2D eigenvalue weighted by Gasteiger charge is 2.45. The molecule has 2 aliphatic rings. The van der Waals surface area contributed by atoms with Crippen LogP contribution in [0.1, 0.15) is 40.0 Å². The number of ether oxygens (including phenoxy) is 2. The Morgan fingerprint density at radius 2 is 2.00 bits per heavy atom. The summed E-state index contributed by atoms with van der Waals surface area (Å²) in [4.78, 5) is 25.3. The van der Waals surface area contributed by atoms with Crippen molar-refractivity contribution in [2.75, 3.05) is 7.11 Å². The van der Waals surface area contributed by atoms with Gasteiger partial charge in [0.25, 0.3) is 0 Å². The van der Waals surface area contributed by atoms with Crippen LogP contribution in [0.2, 0.25) is 0 Å². The maximum absolute atomic E-state index is 12.1. The maximum Gasteiger partial charge on any atom is 0.414 e. The Hall–Kier alpha value is -1.52. The molecule has 5 nitrogen and oxygen atoms in total. The van der Waals surface area contributed by atoms with E-state index in [-0.39, 0.29) is 18.1 Å². The van der Waals surface area contributed by atoms with E-state index in [0.29, 0.717) is 12.0 Å². The molecule has 1 fully saturated rings. The Kier molecular flexibility index (Phi) is 3.09. The minimum absolute atomic E-state index is 0.0592. The number of esters is 1. The minimum Gasteiger partial charge on any atom is -0.466 e. The van der Waals surface area contributed by atoms with Gasteiger partial charge in [0.1, 0.15) is 5.60 Å². The highest BCUT2D eigenvalue weighted by atomic mass is 16.6. The van der Waals surface area contributed by atoms with Crippen molar-refractivity contribution in [3.63, 3.8) is 0 Å². The van der Waals surface area contributed by atoms with Gasteiger partial charge in [-0.05, 0) is 33.6 Å². The molecule has 0 aromatic carbocycles. The van der Waals surface area contributed by atoms with Gasteiger partial charge in [-0.15, -0.1) is 0 Å². The van der Waals surface area contributed by atoms with Crippen LogP contribution < -0.4 is 0 Å². The summed E-state index contributed by atoms with van der Waals surface area (Å²) < 4.78 is 10.1. The molecule has 0 aromatic heterocycles. The zero-order chi connectivity index (χ0) is 13.5. The molecule has 18 heavy (non-hydrogen) atoms. The molecule has 0 spiro atoms. The van der Waals surface area contributed by atoms with Crippen LogP contribution in [0.4, 0.5) is 4.79 Å². The number of nitrogens with zero attached hydrogens (tertiary/aromatic N) is 1. The van der Waals surface area contributed by atoms with E-state index in [9.17, 15) is 9.59 Å². The van der Waals surface area contributed by atoms with Gasteiger partial charge in [0.2, 0.25) is 0 Å². The van der Waals surface area contributed by atoms with Crippen molar-refractivity contribution in [1.82, 2.24) is 4.90 Å². The van der Waals surface area contributed by atoms with Gasteiger partial charge >= 0.3 is 12.1 Å². The van der Waals surface area contributed by atoms with Gasteiger partial charge < -0.3 is 9.47 Å². The van der Waals surface area contributed by atoms with Crippen LogP contribution in [-0.4, -0.2) is 35.7 Å². The van der Waals surface area contributed by atoms with Crippen LogP contribution in [0, 0.1) is 0 Å². The first-order chi connectivity index (χ1) is 8.33. The summed E-state index contributed by atoms with van der Waals surface area (Å²) >= 11 is 0. The average Bonchev–Trinajstić information content (AvgIpc) is 2.82. The van der Waals surface area contributed by atoms with Gasteiger partial charge in [-0.3, -0.25) is 4.90 Å². The zero-order valence-corrected chi connectivity index (χ0v) is 11.3. The number of methoxy groups -OCH3 is 1. The highest BCUT2D eigenvalue weighted by Crippen LogP contribution is 2.42. The SMILES string of the molecule is COC(=O)C1=C2CCC(C1)N2C(=O)OC(C)(C)C. The van der Waals surface area contributed by atoms with Gasteiger partial charge in [-0.1, -0.05) is 0 Å². The normalized spacial score (nSPS) is 22.4. The van der Waals surface area contributed by atoms with E-state index in [2.05, 4.69) is 0 Å². The van der Waals surface area contributed by atoms with Crippen molar-refractivity contribution in [3.8, 4) is 0 Å². The first-order valence-corrected chi connectivity index (χ1v) is 6.16. The molecule has 0 radical (unpaired) electrons. The third-order valence-corrected chi connectivity index (χ3v) is 3.18. The summed E-state index contributed by atoms with van der Waals surface area (Å²) in [5.41, 5.74) is 0.881. The van der Waals surface area contributed by atoms with Crippen LogP contribution in [-0.2, 0) is 14.3 Å². The summed E-state index contributed by atoms with van der Waals surface area (Å²) in [6.45, 7) is 5.50. The molecule has 0 aliphatic carbocycles. The topological polar surface area (TPSA) is 55.8 Å². The van der Waals surface area contributed by atoms with E-state index in [0.717, 1.165) is 18.5 Å². The van der Waals surface area contributed by atoms with Crippen LogP contribution in [0.5, 0.6) is 0 Å². The van der Waals surface area contributed by atoms with Crippen LogP contribution in [0.25, 0.3) is 0 Å². The molecule has 1 amide bonds.